The molecule has 1 saturated heterocycles. The summed E-state index contributed by atoms with van der Waals surface area (Å²) >= 11 is 1.72. The summed E-state index contributed by atoms with van der Waals surface area (Å²) in [6, 6.07) is 0. The Morgan fingerprint density at radius 1 is 1.60 bits per heavy atom. The molecule has 3 nitrogen and oxygen atoms in total. The quantitative estimate of drug-likeness (QED) is 0.775. The molecule has 1 unspecified atom stereocenters. The molecule has 0 spiro atoms. The maximum atomic E-state index is 11.3. The zero-order valence-electron chi connectivity index (χ0n) is 9.25. The molecule has 0 aliphatic carbocycles. The van der Waals surface area contributed by atoms with Gasteiger partial charge in [-0.3, -0.25) is 4.79 Å². The van der Waals surface area contributed by atoms with Gasteiger partial charge in [0.15, 0.2) is 0 Å². The average molecular weight is 253 g/mol. The first-order valence-electron chi connectivity index (χ1n) is 5.29. The standard InChI is InChI=1S/C10H20N2OS.ClH/c1-14-6-4-10(13)12-8-9-3-2-5-11-7-9;/h9,11H,2-8H2,1H3,(H,12,13);1H. The molecule has 15 heavy (non-hydrogen) atoms. The van der Waals surface area contributed by atoms with Crippen molar-refractivity contribution in [3.05, 3.63) is 0 Å². The topological polar surface area (TPSA) is 41.1 Å². The average Bonchev–Trinajstić information content (AvgIpc) is 2.25. The second-order valence-electron chi connectivity index (χ2n) is 3.76. The molecule has 1 aliphatic heterocycles. The highest BCUT2D eigenvalue weighted by atomic mass is 35.5. The van der Waals surface area contributed by atoms with Gasteiger partial charge >= 0.3 is 0 Å². The smallest absolute Gasteiger partial charge is 0.220 e. The van der Waals surface area contributed by atoms with Gasteiger partial charge < -0.3 is 10.6 Å². The fraction of sp³-hybridized carbons (Fsp3) is 0.900. The Balaban J connectivity index is 0.00000196. The van der Waals surface area contributed by atoms with Gasteiger partial charge in [-0.25, -0.2) is 0 Å². The third-order valence-corrected chi connectivity index (χ3v) is 3.13. The van der Waals surface area contributed by atoms with E-state index in [1.54, 1.807) is 11.8 Å². The van der Waals surface area contributed by atoms with E-state index < -0.39 is 0 Å². The molecule has 1 amide bonds. The van der Waals surface area contributed by atoms with Crippen molar-refractivity contribution in [2.24, 2.45) is 5.92 Å². The van der Waals surface area contributed by atoms with E-state index in [1.807, 2.05) is 6.26 Å². The Hall–Kier alpha value is 0.0700. The van der Waals surface area contributed by atoms with Crippen LogP contribution in [0.25, 0.3) is 0 Å². The third-order valence-electron chi connectivity index (χ3n) is 2.52. The first-order chi connectivity index (χ1) is 6.83. The molecule has 0 aromatic rings. The molecule has 90 valence electrons. The number of carbonyl (C=O) groups is 1. The van der Waals surface area contributed by atoms with E-state index in [4.69, 9.17) is 0 Å². The zero-order valence-corrected chi connectivity index (χ0v) is 10.9. The summed E-state index contributed by atoms with van der Waals surface area (Å²) in [5.41, 5.74) is 0. The predicted molar refractivity (Wildman–Crippen MR) is 68.9 cm³/mol. The summed E-state index contributed by atoms with van der Waals surface area (Å²) in [6.45, 7) is 3.04. The molecule has 1 aliphatic rings. The van der Waals surface area contributed by atoms with Gasteiger partial charge in [0, 0.05) is 18.7 Å². The van der Waals surface area contributed by atoms with Crippen LogP contribution in [0.1, 0.15) is 19.3 Å². The summed E-state index contributed by atoms with van der Waals surface area (Å²) in [5.74, 6) is 1.77. The number of hydrogen-bond acceptors (Lipinski definition) is 3. The SMILES string of the molecule is CSCCC(=O)NCC1CCCNC1.Cl. The second-order valence-corrected chi connectivity index (χ2v) is 4.74. The fourth-order valence-corrected chi connectivity index (χ4v) is 2.03. The molecule has 2 N–H and O–H groups in total. The van der Waals surface area contributed by atoms with E-state index in [0.717, 1.165) is 25.4 Å². The van der Waals surface area contributed by atoms with E-state index >= 15 is 0 Å². The van der Waals surface area contributed by atoms with Crippen LogP contribution in [-0.2, 0) is 4.79 Å². The molecule has 0 saturated carbocycles. The van der Waals surface area contributed by atoms with Crippen LogP contribution < -0.4 is 10.6 Å². The molecule has 0 aromatic heterocycles. The molecule has 1 fully saturated rings. The van der Waals surface area contributed by atoms with Gasteiger partial charge in [-0.1, -0.05) is 0 Å². The lowest BCUT2D eigenvalue weighted by Gasteiger charge is -2.22. The van der Waals surface area contributed by atoms with Crippen LogP contribution in [0.4, 0.5) is 0 Å². The molecule has 0 aromatic carbocycles. The molecule has 1 heterocycles. The van der Waals surface area contributed by atoms with Gasteiger partial charge in [0.1, 0.15) is 0 Å². The van der Waals surface area contributed by atoms with Crippen LogP contribution in [0.3, 0.4) is 0 Å². The number of amides is 1. The molecule has 1 rings (SSSR count). The van der Waals surface area contributed by atoms with Gasteiger partial charge in [-0.15, -0.1) is 12.4 Å². The lowest BCUT2D eigenvalue weighted by Crippen LogP contribution is -2.38. The van der Waals surface area contributed by atoms with Crippen molar-refractivity contribution in [3.63, 3.8) is 0 Å². The number of piperidine rings is 1. The highest BCUT2D eigenvalue weighted by molar-refractivity contribution is 7.98. The molecule has 5 heteroatoms. The van der Waals surface area contributed by atoms with Gasteiger partial charge in [-0.2, -0.15) is 11.8 Å². The molecular weight excluding hydrogens is 232 g/mol. The van der Waals surface area contributed by atoms with Gasteiger partial charge in [0.2, 0.25) is 5.91 Å². The van der Waals surface area contributed by atoms with E-state index in [1.165, 1.54) is 12.8 Å². The maximum absolute atomic E-state index is 11.3. The van der Waals surface area contributed by atoms with Crippen LogP contribution in [0, 0.1) is 5.92 Å². The van der Waals surface area contributed by atoms with E-state index in [9.17, 15) is 4.79 Å². The highest BCUT2D eigenvalue weighted by Crippen LogP contribution is 2.08. The second kappa shape index (κ2) is 9.31. The van der Waals surface area contributed by atoms with Gasteiger partial charge in [0.25, 0.3) is 0 Å². The number of nitrogens with one attached hydrogen (secondary N) is 2. The first-order valence-corrected chi connectivity index (χ1v) is 6.68. The minimum absolute atomic E-state index is 0. The van der Waals surface area contributed by atoms with Crippen molar-refractivity contribution in [1.82, 2.24) is 10.6 Å². The Morgan fingerprint density at radius 2 is 2.40 bits per heavy atom. The summed E-state index contributed by atoms with van der Waals surface area (Å²) in [7, 11) is 0. The summed E-state index contributed by atoms with van der Waals surface area (Å²) < 4.78 is 0. The van der Waals surface area contributed by atoms with Gasteiger partial charge in [-0.05, 0) is 38.1 Å². The summed E-state index contributed by atoms with van der Waals surface area (Å²) in [4.78, 5) is 11.3. The van der Waals surface area contributed by atoms with Crippen LogP contribution in [0.2, 0.25) is 0 Å². The minimum Gasteiger partial charge on any atom is -0.356 e. The Kier molecular flexibility index (Phi) is 9.35. The highest BCUT2D eigenvalue weighted by Gasteiger charge is 2.13. The predicted octanol–water partition coefficient (Wildman–Crippen LogP) is 1.28. The monoisotopic (exact) mass is 252 g/mol. The van der Waals surface area contributed by atoms with E-state index in [2.05, 4.69) is 10.6 Å². The number of carbonyl (C=O) groups excluding carboxylic acids is 1. The van der Waals surface area contributed by atoms with Crippen molar-refractivity contribution >= 4 is 30.1 Å². The van der Waals surface area contributed by atoms with Crippen molar-refractivity contribution < 1.29 is 4.79 Å². The normalized spacial score (nSPS) is 20.5. The summed E-state index contributed by atoms with van der Waals surface area (Å²) in [6.07, 6.45) is 5.17. The molecular formula is C10H21ClN2OS. The van der Waals surface area contributed by atoms with Crippen molar-refractivity contribution in [3.8, 4) is 0 Å². The third kappa shape index (κ3) is 7.03. The van der Waals surface area contributed by atoms with E-state index in [-0.39, 0.29) is 18.3 Å². The number of hydrogen-bond donors (Lipinski definition) is 2. The maximum Gasteiger partial charge on any atom is 0.220 e. The molecule has 0 bridgehead atoms. The first kappa shape index (κ1) is 15.1. The van der Waals surface area contributed by atoms with Crippen molar-refractivity contribution in [2.45, 2.75) is 19.3 Å². The number of thioether (sulfide) groups is 1. The van der Waals surface area contributed by atoms with Gasteiger partial charge in [0.05, 0.1) is 0 Å². The lowest BCUT2D eigenvalue weighted by molar-refractivity contribution is -0.120. The number of rotatable bonds is 5. The molecule has 0 radical (unpaired) electrons. The van der Waals surface area contributed by atoms with Crippen LogP contribution >= 0.6 is 24.2 Å². The van der Waals surface area contributed by atoms with Crippen molar-refractivity contribution in [2.75, 3.05) is 31.6 Å². The van der Waals surface area contributed by atoms with Crippen LogP contribution in [0.15, 0.2) is 0 Å². The van der Waals surface area contributed by atoms with E-state index in [0.29, 0.717) is 12.3 Å². The lowest BCUT2D eigenvalue weighted by atomic mass is 10.00. The van der Waals surface area contributed by atoms with Crippen LogP contribution in [0.5, 0.6) is 0 Å². The number of halogens is 1. The largest absolute Gasteiger partial charge is 0.356 e. The fourth-order valence-electron chi connectivity index (χ4n) is 1.64. The Morgan fingerprint density at radius 3 is 3.00 bits per heavy atom. The minimum atomic E-state index is 0. The summed E-state index contributed by atoms with van der Waals surface area (Å²) in [5, 5.41) is 6.34. The Bertz CT molecular complexity index is 175. The van der Waals surface area contributed by atoms with Crippen LogP contribution in [-0.4, -0.2) is 37.6 Å². The zero-order chi connectivity index (χ0) is 10.2. The van der Waals surface area contributed by atoms with Crippen molar-refractivity contribution in [1.29, 1.82) is 0 Å². The molecule has 1 atom stereocenters. The Labute approximate surface area is 103 Å².